The summed E-state index contributed by atoms with van der Waals surface area (Å²) in [5, 5.41) is 3.31. The highest BCUT2D eigenvalue weighted by molar-refractivity contribution is 5.67. The van der Waals surface area contributed by atoms with E-state index >= 15 is 0 Å². The number of likely N-dealkylation sites (tertiary alicyclic amines) is 1. The van der Waals surface area contributed by atoms with E-state index in [4.69, 9.17) is 5.73 Å². The number of nitrogens with one attached hydrogen (secondary N) is 1. The first-order valence-electron chi connectivity index (χ1n) is 7.08. The lowest BCUT2D eigenvalue weighted by Gasteiger charge is -2.30. The molecule has 0 saturated carbocycles. The summed E-state index contributed by atoms with van der Waals surface area (Å²) in [6, 6.07) is 3.17. The number of aryl methyl sites for hydroxylation is 1. The van der Waals surface area contributed by atoms with Gasteiger partial charge in [-0.3, -0.25) is 0 Å². The average molecular weight is 265 g/mol. The van der Waals surface area contributed by atoms with Crippen LogP contribution < -0.4 is 11.1 Å². The van der Waals surface area contributed by atoms with Crippen molar-refractivity contribution in [1.29, 1.82) is 0 Å². The van der Waals surface area contributed by atoms with E-state index in [0.717, 1.165) is 24.7 Å². The van der Waals surface area contributed by atoms with Crippen LogP contribution in [0.4, 0.5) is 15.8 Å². The molecule has 19 heavy (non-hydrogen) atoms. The van der Waals surface area contributed by atoms with Gasteiger partial charge in [0, 0.05) is 13.1 Å². The normalized spacial score (nSPS) is 17.6. The molecule has 1 heterocycles. The molecule has 0 bridgehead atoms. The molecule has 1 saturated heterocycles. The van der Waals surface area contributed by atoms with Crippen molar-refractivity contribution in [1.82, 2.24) is 4.90 Å². The number of anilines is 2. The Morgan fingerprint density at radius 1 is 1.37 bits per heavy atom. The summed E-state index contributed by atoms with van der Waals surface area (Å²) in [6.45, 7) is 8.30. The summed E-state index contributed by atoms with van der Waals surface area (Å²) < 4.78 is 13.3. The monoisotopic (exact) mass is 265 g/mol. The fraction of sp³-hybridized carbons (Fsp3) is 0.600. The maximum atomic E-state index is 13.3. The number of hydrogen-bond donors (Lipinski definition) is 2. The van der Waals surface area contributed by atoms with Crippen molar-refractivity contribution < 1.29 is 4.39 Å². The predicted octanol–water partition coefficient (Wildman–Crippen LogP) is 2.86. The molecule has 0 aliphatic carbocycles. The molecule has 0 radical (unpaired) electrons. The summed E-state index contributed by atoms with van der Waals surface area (Å²) in [5.74, 6) is 0.618. The summed E-state index contributed by atoms with van der Waals surface area (Å²) in [5.41, 5.74) is 7.76. The molecule has 1 aromatic rings. The molecular formula is C15H24FN3. The van der Waals surface area contributed by atoms with E-state index in [1.54, 1.807) is 13.0 Å². The van der Waals surface area contributed by atoms with Crippen molar-refractivity contribution >= 4 is 11.4 Å². The van der Waals surface area contributed by atoms with Crippen molar-refractivity contribution in [2.45, 2.75) is 26.7 Å². The number of rotatable bonds is 4. The van der Waals surface area contributed by atoms with Gasteiger partial charge in [-0.2, -0.15) is 0 Å². The van der Waals surface area contributed by atoms with Crippen LogP contribution in [-0.2, 0) is 0 Å². The van der Waals surface area contributed by atoms with Crippen LogP contribution in [0.15, 0.2) is 12.1 Å². The molecule has 0 unspecified atom stereocenters. The zero-order valence-electron chi connectivity index (χ0n) is 11.9. The Labute approximate surface area is 115 Å². The highest BCUT2D eigenvalue weighted by atomic mass is 19.1. The molecule has 1 aliphatic heterocycles. The van der Waals surface area contributed by atoms with Crippen LogP contribution in [0.1, 0.15) is 25.3 Å². The van der Waals surface area contributed by atoms with Crippen LogP contribution in [0.2, 0.25) is 0 Å². The van der Waals surface area contributed by atoms with Gasteiger partial charge in [0.25, 0.3) is 0 Å². The topological polar surface area (TPSA) is 41.3 Å². The van der Waals surface area contributed by atoms with Crippen molar-refractivity contribution in [2.75, 3.05) is 37.2 Å². The molecule has 106 valence electrons. The summed E-state index contributed by atoms with van der Waals surface area (Å²) in [7, 11) is 0. The SMILES string of the molecule is Cc1cc(NCCN2CCC(C)CC2)c(N)cc1F. The minimum absolute atomic E-state index is 0.243. The molecule has 1 aliphatic rings. The fourth-order valence-electron chi connectivity index (χ4n) is 2.48. The molecular weight excluding hydrogens is 241 g/mol. The van der Waals surface area contributed by atoms with Gasteiger partial charge in [0.05, 0.1) is 11.4 Å². The van der Waals surface area contributed by atoms with E-state index < -0.39 is 0 Å². The largest absolute Gasteiger partial charge is 0.397 e. The van der Waals surface area contributed by atoms with E-state index in [0.29, 0.717) is 11.3 Å². The van der Waals surface area contributed by atoms with E-state index in [1.807, 2.05) is 0 Å². The van der Waals surface area contributed by atoms with E-state index in [9.17, 15) is 4.39 Å². The second-order valence-corrected chi connectivity index (χ2v) is 5.64. The summed E-state index contributed by atoms with van der Waals surface area (Å²) in [6.07, 6.45) is 2.58. The molecule has 0 aromatic heterocycles. The van der Waals surface area contributed by atoms with E-state index in [-0.39, 0.29) is 5.82 Å². The molecule has 1 fully saturated rings. The first kappa shape index (κ1) is 14.1. The second kappa shape index (κ2) is 6.24. The molecule has 3 N–H and O–H groups in total. The van der Waals surface area contributed by atoms with Gasteiger partial charge < -0.3 is 16.0 Å². The number of piperidine rings is 1. The number of benzene rings is 1. The third kappa shape index (κ3) is 3.83. The lowest BCUT2D eigenvalue weighted by molar-refractivity contribution is 0.199. The molecule has 0 amide bonds. The Kier molecular flexibility index (Phi) is 4.64. The van der Waals surface area contributed by atoms with E-state index in [1.165, 1.54) is 32.0 Å². The van der Waals surface area contributed by atoms with Gasteiger partial charge in [-0.25, -0.2) is 4.39 Å². The molecule has 1 aromatic carbocycles. The number of halogens is 1. The second-order valence-electron chi connectivity index (χ2n) is 5.64. The predicted molar refractivity (Wildman–Crippen MR) is 78.9 cm³/mol. The van der Waals surface area contributed by atoms with Gasteiger partial charge in [-0.15, -0.1) is 0 Å². The molecule has 0 spiro atoms. The van der Waals surface area contributed by atoms with Gasteiger partial charge in [0.15, 0.2) is 0 Å². The Morgan fingerprint density at radius 3 is 2.74 bits per heavy atom. The van der Waals surface area contributed by atoms with Crippen LogP contribution >= 0.6 is 0 Å². The number of nitrogens with zero attached hydrogens (tertiary/aromatic N) is 1. The first-order chi connectivity index (χ1) is 9.06. The van der Waals surface area contributed by atoms with Crippen molar-refractivity contribution in [2.24, 2.45) is 5.92 Å². The fourth-order valence-corrected chi connectivity index (χ4v) is 2.48. The smallest absolute Gasteiger partial charge is 0.128 e. The molecule has 2 rings (SSSR count). The zero-order chi connectivity index (χ0) is 13.8. The quantitative estimate of drug-likeness (QED) is 0.823. The third-order valence-electron chi connectivity index (χ3n) is 3.95. The van der Waals surface area contributed by atoms with Crippen LogP contribution in [-0.4, -0.2) is 31.1 Å². The number of nitrogen functional groups attached to an aromatic ring is 1. The zero-order valence-corrected chi connectivity index (χ0v) is 11.9. The maximum Gasteiger partial charge on any atom is 0.128 e. The maximum absolute atomic E-state index is 13.3. The molecule has 4 heteroatoms. The van der Waals surface area contributed by atoms with Crippen LogP contribution in [0, 0.1) is 18.7 Å². The standard InChI is InChI=1S/C15H24FN3/c1-11-3-6-19(7-4-11)8-5-18-15-9-12(2)13(16)10-14(15)17/h9-11,18H,3-8,17H2,1-2H3. The van der Waals surface area contributed by atoms with Crippen molar-refractivity contribution in [3.05, 3.63) is 23.5 Å². The van der Waals surface area contributed by atoms with Crippen LogP contribution in [0.3, 0.4) is 0 Å². The van der Waals surface area contributed by atoms with Crippen molar-refractivity contribution in [3.8, 4) is 0 Å². The lowest BCUT2D eigenvalue weighted by atomic mass is 9.99. The number of hydrogen-bond acceptors (Lipinski definition) is 3. The Bertz CT molecular complexity index is 426. The van der Waals surface area contributed by atoms with Gasteiger partial charge in [-0.05, 0) is 56.5 Å². The Hall–Kier alpha value is -1.29. The Balaban J connectivity index is 1.81. The van der Waals surface area contributed by atoms with Gasteiger partial charge in [0.2, 0.25) is 0 Å². The van der Waals surface area contributed by atoms with Gasteiger partial charge >= 0.3 is 0 Å². The third-order valence-corrected chi connectivity index (χ3v) is 3.95. The van der Waals surface area contributed by atoms with Gasteiger partial charge in [0.1, 0.15) is 5.82 Å². The van der Waals surface area contributed by atoms with Crippen LogP contribution in [0.25, 0.3) is 0 Å². The lowest BCUT2D eigenvalue weighted by Crippen LogP contribution is -2.36. The first-order valence-corrected chi connectivity index (χ1v) is 7.08. The number of nitrogens with two attached hydrogens (primary N) is 1. The molecule has 0 atom stereocenters. The molecule has 3 nitrogen and oxygen atoms in total. The minimum Gasteiger partial charge on any atom is -0.397 e. The van der Waals surface area contributed by atoms with E-state index in [2.05, 4.69) is 17.1 Å². The van der Waals surface area contributed by atoms with Crippen molar-refractivity contribution in [3.63, 3.8) is 0 Å². The summed E-state index contributed by atoms with van der Waals surface area (Å²) >= 11 is 0. The Morgan fingerprint density at radius 2 is 2.05 bits per heavy atom. The van der Waals surface area contributed by atoms with Gasteiger partial charge in [-0.1, -0.05) is 6.92 Å². The highest BCUT2D eigenvalue weighted by Crippen LogP contribution is 2.22. The highest BCUT2D eigenvalue weighted by Gasteiger charge is 2.15. The minimum atomic E-state index is -0.243. The average Bonchev–Trinajstić information content (AvgIpc) is 2.38. The summed E-state index contributed by atoms with van der Waals surface area (Å²) in [4.78, 5) is 2.47. The van der Waals surface area contributed by atoms with Crippen LogP contribution in [0.5, 0.6) is 0 Å².